The van der Waals surface area contributed by atoms with Crippen molar-refractivity contribution in [2.45, 2.75) is 0 Å². The van der Waals surface area contributed by atoms with Gasteiger partial charge in [-0.05, 0) is 0 Å². The van der Waals surface area contributed by atoms with Crippen molar-refractivity contribution in [3.05, 3.63) is 0 Å². The van der Waals surface area contributed by atoms with E-state index in [1.807, 2.05) is 0 Å². The Morgan fingerprint density at radius 2 is 1.67 bits per heavy atom. The van der Waals surface area contributed by atoms with Crippen LogP contribution in [0.3, 0.4) is 0 Å². The molecule has 0 aliphatic heterocycles. The molecule has 3 nitrogen and oxygen atoms in total. The molecule has 0 aromatic rings. The average Bonchev–Trinajstić information content (AvgIpc) is 1.72. The molecule has 0 heterocycles. The monoisotopic (exact) mass is 374 g/mol. The Labute approximate surface area is 58.4 Å². The first-order valence-corrected chi connectivity index (χ1v) is 14.9. The summed E-state index contributed by atoms with van der Waals surface area (Å²) in [5.41, 5.74) is 0. The van der Waals surface area contributed by atoms with Crippen LogP contribution in [-0.2, 0) is 44.0 Å². The maximum atomic E-state index is 9.24. The summed E-state index contributed by atoms with van der Waals surface area (Å²) in [5, 5.41) is 0. The zero-order valence-electron chi connectivity index (χ0n) is 2.84. The summed E-state index contributed by atoms with van der Waals surface area (Å²) in [6.07, 6.45) is 0. The van der Waals surface area contributed by atoms with E-state index in [1.165, 1.54) is 0 Å². The first kappa shape index (κ1) is 10.3. The first-order valence-electron chi connectivity index (χ1n) is 1.07. The number of hydrogen-bond donors (Lipinski definition) is 0. The molecule has 0 aromatic carbocycles. The summed E-state index contributed by atoms with van der Waals surface area (Å²) < 4.78 is 26.7. The Balaban J connectivity index is 0. The van der Waals surface area contributed by atoms with Crippen molar-refractivity contribution in [3.63, 3.8) is 0 Å². The molecule has 0 bridgehead atoms. The molecule has 6 heavy (non-hydrogen) atoms. The molecular weight excluding hydrogens is 375 g/mol. The summed E-state index contributed by atoms with van der Waals surface area (Å²) in [7, 11) is 0. The van der Waals surface area contributed by atoms with Gasteiger partial charge in [-0.15, -0.1) is 0 Å². The van der Waals surface area contributed by atoms with Crippen molar-refractivity contribution in [1.29, 1.82) is 0 Å². The van der Waals surface area contributed by atoms with Crippen LogP contribution in [0, 0.1) is 0 Å². The maximum absolute atomic E-state index is 9.24. The van der Waals surface area contributed by atoms with E-state index in [0.29, 0.717) is 0 Å². The molecule has 0 aromatic heterocycles. The SMILES string of the molecule is [O]=[Ir].[O]=[Zn][Ga]=[O]. The summed E-state index contributed by atoms with van der Waals surface area (Å²) >= 11 is -2.09. The van der Waals surface area contributed by atoms with E-state index in [0.717, 1.165) is 18.9 Å². The molecule has 0 unspecified atom stereocenters. The van der Waals surface area contributed by atoms with Gasteiger partial charge >= 0.3 is 58.8 Å². The normalized spacial score (nSPS) is 2.83. The second-order valence-electron chi connectivity index (χ2n) is 0.333. The van der Waals surface area contributed by atoms with Crippen LogP contribution < -0.4 is 0 Å². The van der Waals surface area contributed by atoms with Gasteiger partial charge in [0.25, 0.3) is 0 Å². The van der Waals surface area contributed by atoms with Crippen LogP contribution in [0.4, 0.5) is 0 Å². The van der Waals surface area contributed by atoms with Crippen molar-refractivity contribution in [1.82, 2.24) is 0 Å². The minimum absolute atomic E-state index is 0.750. The van der Waals surface area contributed by atoms with Crippen LogP contribution in [0.5, 0.6) is 0 Å². The van der Waals surface area contributed by atoms with Crippen LogP contribution in [0.25, 0.3) is 0 Å². The molecule has 0 atom stereocenters. The fourth-order valence-corrected chi connectivity index (χ4v) is 0. The second-order valence-corrected chi connectivity index (χ2v) is 9.00. The molecule has 0 aliphatic rings. The van der Waals surface area contributed by atoms with Crippen LogP contribution in [0.2, 0.25) is 0 Å². The van der Waals surface area contributed by atoms with Gasteiger partial charge in [-0.25, -0.2) is 0 Å². The summed E-state index contributed by atoms with van der Waals surface area (Å²) in [5.74, 6) is 0. The van der Waals surface area contributed by atoms with Crippen molar-refractivity contribution in [2.24, 2.45) is 0 Å². The molecule has 6 heteroatoms. The minimum atomic E-state index is -1.54. The van der Waals surface area contributed by atoms with E-state index in [4.69, 9.17) is 3.50 Å². The van der Waals surface area contributed by atoms with Gasteiger partial charge in [0.1, 0.15) is 0 Å². The third-order valence-corrected chi connectivity index (χ3v) is 1.84. The van der Waals surface area contributed by atoms with Crippen molar-refractivity contribution < 1.29 is 44.0 Å². The van der Waals surface area contributed by atoms with E-state index < -0.39 is 29.3 Å². The van der Waals surface area contributed by atoms with Crippen LogP contribution in [0.1, 0.15) is 0 Å². The molecule has 0 saturated carbocycles. The number of hydrogen-bond acceptors (Lipinski definition) is 3. The molecule has 0 N–H and O–H groups in total. The van der Waals surface area contributed by atoms with Crippen LogP contribution in [-0.4, -0.2) is 14.8 Å². The fourth-order valence-electron chi connectivity index (χ4n) is 0. The summed E-state index contributed by atoms with van der Waals surface area (Å²) in [6.45, 7) is 0. The van der Waals surface area contributed by atoms with Gasteiger partial charge in [-0.1, -0.05) is 0 Å². The number of rotatable bonds is 1. The van der Waals surface area contributed by atoms with E-state index in [9.17, 15) is 7.11 Å². The average molecular weight is 375 g/mol. The quantitative estimate of drug-likeness (QED) is 0.568. The van der Waals surface area contributed by atoms with Crippen molar-refractivity contribution in [2.75, 3.05) is 0 Å². The molecule has 0 aliphatic carbocycles. The van der Waals surface area contributed by atoms with E-state index in [1.54, 1.807) is 0 Å². The molecular formula is GaIrO3Zn. The first-order chi connectivity index (χ1) is 2.91. The zero-order chi connectivity index (χ0) is 5.41. The molecule has 0 saturated heterocycles. The third-order valence-electron chi connectivity index (χ3n) is 0.0680. The van der Waals surface area contributed by atoms with Crippen molar-refractivity contribution in [3.8, 4) is 0 Å². The van der Waals surface area contributed by atoms with Gasteiger partial charge in [-0.3, -0.25) is 0 Å². The predicted molar refractivity (Wildman–Crippen MR) is 7.81 cm³/mol. The second kappa shape index (κ2) is 16.2. The Kier molecular flexibility index (Phi) is 27.9. The molecule has 0 spiro atoms. The third kappa shape index (κ3) is 18.5. The van der Waals surface area contributed by atoms with E-state index >= 15 is 0 Å². The standard InChI is InChI=1S/Ga.Ir.3O.Zn. The van der Waals surface area contributed by atoms with Gasteiger partial charge < -0.3 is 0 Å². The van der Waals surface area contributed by atoms with E-state index in [-0.39, 0.29) is 0 Å². The summed E-state index contributed by atoms with van der Waals surface area (Å²) in [6, 6.07) is 0. The van der Waals surface area contributed by atoms with Crippen LogP contribution in [0.15, 0.2) is 0 Å². The van der Waals surface area contributed by atoms with Gasteiger partial charge in [0, 0.05) is 0 Å². The zero-order valence-corrected chi connectivity index (χ0v) is 10.6. The Morgan fingerprint density at radius 3 is 1.67 bits per heavy atom. The Hall–Kier alpha value is 1.31. The molecule has 0 fully saturated rings. The molecule has 0 rings (SSSR count). The fraction of sp³-hybridized carbons (Fsp3) is 0. The molecule has 0 amide bonds. The van der Waals surface area contributed by atoms with Gasteiger partial charge in [0.2, 0.25) is 0 Å². The van der Waals surface area contributed by atoms with Crippen LogP contribution >= 0.6 is 0 Å². The molecule has 32 valence electrons. The van der Waals surface area contributed by atoms with Gasteiger partial charge in [0.05, 0.1) is 0 Å². The Bertz CT molecular complexity index is 40.1. The summed E-state index contributed by atoms with van der Waals surface area (Å²) in [4.78, 5) is 0. The predicted octanol–water partition coefficient (Wildman–Crippen LogP) is -0.742. The Morgan fingerprint density at radius 1 is 1.50 bits per heavy atom. The van der Waals surface area contributed by atoms with Crippen molar-refractivity contribution >= 4 is 14.8 Å². The molecule has 0 radical (unpaired) electrons. The van der Waals surface area contributed by atoms with Gasteiger partial charge in [-0.2, -0.15) is 0 Å². The van der Waals surface area contributed by atoms with Gasteiger partial charge in [0.15, 0.2) is 0 Å². The van der Waals surface area contributed by atoms with E-state index in [2.05, 4.69) is 0 Å². The topological polar surface area (TPSA) is 51.2 Å².